The van der Waals surface area contributed by atoms with E-state index in [1.165, 1.54) is 26.6 Å². The van der Waals surface area contributed by atoms with Crippen LogP contribution >= 0.6 is 11.3 Å². The van der Waals surface area contributed by atoms with Gasteiger partial charge in [-0.25, -0.2) is 8.42 Å². The molecule has 3 aromatic rings. The SMILES string of the molecule is CN(C(=O)c1cccs1)c1ccccc1C(=O)Nc1cccc(S(=O)(=O)N2CCCCC2)c1. The number of nitrogens with zero attached hydrogens (tertiary/aromatic N) is 2. The number of nitrogens with one attached hydrogen (secondary N) is 1. The summed E-state index contributed by atoms with van der Waals surface area (Å²) in [7, 11) is -1.99. The van der Waals surface area contributed by atoms with E-state index in [1.54, 1.807) is 61.6 Å². The molecule has 9 heteroatoms. The summed E-state index contributed by atoms with van der Waals surface area (Å²) in [5.74, 6) is -0.635. The zero-order valence-corrected chi connectivity index (χ0v) is 19.9. The summed E-state index contributed by atoms with van der Waals surface area (Å²) >= 11 is 1.33. The van der Waals surface area contributed by atoms with Crippen LogP contribution in [0, 0.1) is 0 Å². The van der Waals surface area contributed by atoms with E-state index in [1.807, 2.05) is 5.38 Å². The fraction of sp³-hybridized carbons (Fsp3) is 0.250. The Morgan fingerprint density at radius 3 is 2.45 bits per heavy atom. The molecule has 0 aliphatic carbocycles. The number of thiophene rings is 1. The number of sulfonamides is 1. The maximum Gasteiger partial charge on any atom is 0.268 e. The Balaban J connectivity index is 1.56. The van der Waals surface area contributed by atoms with Crippen LogP contribution in [0.4, 0.5) is 11.4 Å². The van der Waals surface area contributed by atoms with Gasteiger partial charge in [0.15, 0.2) is 0 Å². The quantitative estimate of drug-likeness (QED) is 0.561. The summed E-state index contributed by atoms with van der Waals surface area (Å²) in [5.41, 5.74) is 1.15. The molecule has 2 aromatic carbocycles. The molecule has 2 heterocycles. The highest BCUT2D eigenvalue weighted by molar-refractivity contribution is 7.89. The molecule has 1 N–H and O–H groups in total. The van der Waals surface area contributed by atoms with E-state index < -0.39 is 15.9 Å². The first-order valence-electron chi connectivity index (χ1n) is 10.7. The number of para-hydroxylation sites is 1. The van der Waals surface area contributed by atoms with Crippen molar-refractivity contribution in [2.24, 2.45) is 0 Å². The molecule has 0 atom stereocenters. The molecule has 0 radical (unpaired) electrons. The molecule has 1 aliphatic rings. The Kier molecular flexibility index (Phi) is 6.92. The van der Waals surface area contributed by atoms with Crippen molar-refractivity contribution in [3.63, 3.8) is 0 Å². The third-order valence-corrected chi connectivity index (χ3v) is 8.34. The molecule has 1 aromatic heterocycles. The molecular formula is C24H25N3O4S2. The van der Waals surface area contributed by atoms with Crippen molar-refractivity contribution in [1.29, 1.82) is 0 Å². The molecule has 0 bridgehead atoms. The van der Waals surface area contributed by atoms with E-state index in [-0.39, 0.29) is 10.8 Å². The summed E-state index contributed by atoms with van der Waals surface area (Å²) < 4.78 is 27.5. The number of hydrogen-bond acceptors (Lipinski definition) is 5. The van der Waals surface area contributed by atoms with Gasteiger partial charge in [-0.15, -0.1) is 11.3 Å². The number of benzene rings is 2. The first kappa shape index (κ1) is 23.2. The fourth-order valence-corrected chi connectivity index (χ4v) is 6.08. The van der Waals surface area contributed by atoms with Gasteiger partial charge < -0.3 is 10.2 Å². The summed E-state index contributed by atoms with van der Waals surface area (Å²) in [6, 6.07) is 16.6. The fourth-order valence-electron chi connectivity index (χ4n) is 3.82. The van der Waals surface area contributed by atoms with Crippen molar-refractivity contribution >= 4 is 44.5 Å². The monoisotopic (exact) mass is 483 g/mol. The first-order chi connectivity index (χ1) is 15.9. The molecule has 1 saturated heterocycles. The second-order valence-corrected chi connectivity index (χ2v) is 10.7. The second kappa shape index (κ2) is 9.86. The number of piperidine rings is 1. The van der Waals surface area contributed by atoms with Crippen LogP contribution < -0.4 is 10.2 Å². The van der Waals surface area contributed by atoms with Gasteiger partial charge in [0, 0.05) is 25.8 Å². The maximum absolute atomic E-state index is 13.1. The summed E-state index contributed by atoms with van der Waals surface area (Å²) in [5, 5.41) is 4.61. The van der Waals surface area contributed by atoms with E-state index in [0.29, 0.717) is 34.9 Å². The van der Waals surface area contributed by atoms with E-state index in [0.717, 1.165) is 19.3 Å². The number of carbonyl (C=O) groups is 2. The standard InChI is InChI=1S/C24H25N3O4S2/c1-26(24(29)22-13-8-16-32-22)21-12-4-3-11-20(21)23(28)25-18-9-7-10-19(17-18)33(30,31)27-14-5-2-6-15-27/h3-4,7-13,16-17H,2,5-6,14-15H2,1H3,(H,25,28). The molecule has 1 fully saturated rings. The summed E-state index contributed by atoms with van der Waals surface area (Å²) in [6.07, 6.45) is 2.74. The van der Waals surface area contributed by atoms with Crippen LogP contribution in [-0.2, 0) is 10.0 Å². The van der Waals surface area contributed by atoms with Gasteiger partial charge in [-0.05, 0) is 54.6 Å². The third kappa shape index (κ3) is 5.00. The van der Waals surface area contributed by atoms with E-state index in [2.05, 4.69) is 5.32 Å². The van der Waals surface area contributed by atoms with Crippen molar-refractivity contribution in [2.75, 3.05) is 30.4 Å². The maximum atomic E-state index is 13.1. The number of carbonyl (C=O) groups excluding carboxylic acids is 2. The van der Waals surface area contributed by atoms with Crippen molar-refractivity contribution < 1.29 is 18.0 Å². The topological polar surface area (TPSA) is 86.8 Å². The molecule has 33 heavy (non-hydrogen) atoms. The van der Waals surface area contributed by atoms with Gasteiger partial charge in [0.05, 0.1) is 21.0 Å². The predicted molar refractivity (Wildman–Crippen MR) is 130 cm³/mol. The van der Waals surface area contributed by atoms with Crippen molar-refractivity contribution in [1.82, 2.24) is 4.31 Å². The number of amides is 2. The Morgan fingerprint density at radius 2 is 1.73 bits per heavy atom. The minimum atomic E-state index is -3.61. The minimum absolute atomic E-state index is 0.153. The smallest absolute Gasteiger partial charge is 0.268 e. The highest BCUT2D eigenvalue weighted by atomic mass is 32.2. The van der Waals surface area contributed by atoms with Crippen LogP contribution in [0.3, 0.4) is 0 Å². The number of rotatable bonds is 6. The lowest BCUT2D eigenvalue weighted by Gasteiger charge is -2.26. The van der Waals surface area contributed by atoms with Crippen molar-refractivity contribution in [3.05, 3.63) is 76.5 Å². The predicted octanol–water partition coefficient (Wildman–Crippen LogP) is 4.45. The lowest BCUT2D eigenvalue weighted by Crippen LogP contribution is -2.35. The van der Waals surface area contributed by atoms with Crippen LogP contribution in [0.5, 0.6) is 0 Å². The molecule has 1 aliphatic heterocycles. The zero-order valence-electron chi connectivity index (χ0n) is 18.2. The average molecular weight is 484 g/mol. The van der Waals surface area contributed by atoms with Gasteiger partial charge in [-0.1, -0.05) is 30.7 Å². The van der Waals surface area contributed by atoms with E-state index in [9.17, 15) is 18.0 Å². The molecule has 0 spiro atoms. The molecule has 7 nitrogen and oxygen atoms in total. The summed E-state index contributed by atoms with van der Waals surface area (Å²) in [4.78, 5) is 28.1. The largest absolute Gasteiger partial charge is 0.322 e. The Hall–Kier alpha value is -3.01. The molecule has 2 amide bonds. The Labute approximate surface area is 197 Å². The lowest BCUT2D eigenvalue weighted by atomic mass is 10.1. The van der Waals surface area contributed by atoms with Crippen LogP contribution in [0.2, 0.25) is 0 Å². The molecule has 4 rings (SSSR count). The first-order valence-corrected chi connectivity index (χ1v) is 13.0. The van der Waals surface area contributed by atoms with Crippen LogP contribution in [0.15, 0.2) is 70.9 Å². The van der Waals surface area contributed by atoms with Crippen molar-refractivity contribution in [3.8, 4) is 0 Å². The molecule has 172 valence electrons. The lowest BCUT2D eigenvalue weighted by molar-refractivity contribution is 0.0996. The van der Waals surface area contributed by atoms with Gasteiger partial charge in [0.25, 0.3) is 11.8 Å². The number of anilines is 2. The highest BCUT2D eigenvalue weighted by Crippen LogP contribution is 2.26. The second-order valence-electron chi connectivity index (χ2n) is 7.81. The van der Waals surface area contributed by atoms with Gasteiger partial charge in [0.2, 0.25) is 10.0 Å². The Bertz CT molecular complexity index is 1250. The van der Waals surface area contributed by atoms with Crippen molar-refractivity contribution in [2.45, 2.75) is 24.2 Å². The van der Waals surface area contributed by atoms with E-state index >= 15 is 0 Å². The average Bonchev–Trinajstić information content (AvgIpc) is 3.39. The molecule has 0 saturated carbocycles. The van der Waals surface area contributed by atoms with Gasteiger partial charge >= 0.3 is 0 Å². The molecule has 0 unspecified atom stereocenters. The zero-order chi connectivity index (χ0) is 23.4. The Morgan fingerprint density at radius 1 is 0.970 bits per heavy atom. The number of hydrogen-bond donors (Lipinski definition) is 1. The third-order valence-electron chi connectivity index (χ3n) is 5.59. The van der Waals surface area contributed by atoms with Crippen LogP contribution in [0.1, 0.15) is 39.3 Å². The van der Waals surface area contributed by atoms with Crippen LogP contribution in [-0.4, -0.2) is 44.7 Å². The summed E-state index contributed by atoms with van der Waals surface area (Å²) in [6.45, 7) is 1.02. The van der Waals surface area contributed by atoms with Gasteiger partial charge in [-0.3, -0.25) is 9.59 Å². The van der Waals surface area contributed by atoms with E-state index in [4.69, 9.17) is 0 Å². The van der Waals surface area contributed by atoms with Gasteiger partial charge in [-0.2, -0.15) is 4.31 Å². The van der Waals surface area contributed by atoms with Crippen LogP contribution in [0.25, 0.3) is 0 Å². The minimum Gasteiger partial charge on any atom is -0.322 e. The normalized spacial score (nSPS) is 14.6. The molecular weight excluding hydrogens is 458 g/mol. The highest BCUT2D eigenvalue weighted by Gasteiger charge is 2.26. The van der Waals surface area contributed by atoms with Gasteiger partial charge in [0.1, 0.15) is 0 Å².